The number of nitrogens with zero attached hydrogens (tertiary/aromatic N) is 1. The first kappa shape index (κ1) is 28.7. The van der Waals surface area contributed by atoms with Crippen molar-refractivity contribution in [3.05, 3.63) is 34.8 Å². The lowest BCUT2D eigenvalue weighted by Gasteiger charge is -2.35. The topological polar surface area (TPSA) is 109 Å². The summed E-state index contributed by atoms with van der Waals surface area (Å²) < 4.78 is 11.8. The summed E-state index contributed by atoms with van der Waals surface area (Å²) in [7, 11) is 0. The van der Waals surface area contributed by atoms with Gasteiger partial charge in [0.1, 0.15) is 11.9 Å². The number of ketones is 1. The van der Waals surface area contributed by atoms with Crippen LogP contribution in [0.25, 0.3) is 6.08 Å². The van der Waals surface area contributed by atoms with Gasteiger partial charge in [-0.15, -0.1) is 17.9 Å². The fourth-order valence-corrected chi connectivity index (χ4v) is 5.62. The first-order valence-electron chi connectivity index (χ1n) is 12.9. The number of thiazole rings is 1. The molecule has 0 bridgehead atoms. The number of fused-ring (bicyclic) bond motifs is 1. The normalized spacial score (nSPS) is 36.3. The molecule has 0 radical (unpaired) electrons. The molecule has 0 saturated carbocycles. The van der Waals surface area contributed by atoms with Crippen molar-refractivity contribution in [2.45, 2.75) is 103 Å². The second-order valence-corrected chi connectivity index (χ2v) is 12.2. The zero-order valence-corrected chi connectivity index (χ0v) is 22.9. The van der Waals surface area contributed by atoms with Gasteiger partial charge in [0.25, 0.3) is 0 Å². The van der Waals surface area contributed by atoms with Crippen LogP contribution in [-0.4, -0.2) is 57.0 Å². The molecule has 3 rings (SSSR count). The van der Waals surface area contributed by atoms with Crippen LogP contribution in [0, 0.1) is 24.2 Å². The van der Waals surface area contributed by atoms with Crippen molar-refractivity contribution >= 4 is 29.2 Å². The number of hydrogen-bond acceptors (Lipinski definition) is 8. The highest BCUT2D eigenvalue weighted by atomic mass is 32.1. The number of aryl methyl sites for hydroxylation is 1. The number of epoxide rings is 1. The predicted molar refractivity (Wildman–Crippen MR) is 140 cm³/mol. The minimum Gasteiger partial charge on any atom is -0.458 e. The first-order valence-corrected chi connectivity index (χ1v) is 13.7. The van der Waals surface area contributed by atoms with Crippen LogP contribution in [-0.2, 0) is 19.1 Å². The van der Waals surface area contributed by atoms with Crippen molar-refractivity contribution in [1.29, 1.82) is 0 Å². The highest BCUT2D eigenvalue weighted by Crippen LogP contribution is 2.44. The van der Waals surface area contributed by atoms with Gasteiger partial charge in [0, 0.05) is 17.7 Å². The molecular formula is C28H41NO6S. The fourth-order valence-electron chi connectivity index (χ4n) is 5.04. The van der Waals surface area contributed by atoms with Crippen LogP contribution in [0.5, 0.6) is 0 Å². The number of Topliss-reactive ketones (excluding diaryl/α,β-unsaturated/α-hetero) is 1. The van der Waals surface area contributed by atoms with Crippen LogP contribution in [0.4, 0.5) is 0 Å². The molecule has 2 aliphatic heterocycles. The molecule has 0 aromatic carbocycles. The molecule has 0 amide bonds. The van der Waals surface area contributed by atoms with E-state index >= 15 is 0 Å². The molecule has 3 heterocycles. The monoisotopic (exact) mass is 519 g/mol. The highest BCUT2D eigenvalue weighted by Gasteiger charge is 2.52. The zero-order valence-electron chi connectivity index (χ0n) is 22.1. The standard InChI is InChI=1S/C28H41NO6S/c1-7-9-21-25(32)17(2)10-8-13-28(6)23(35-28)14-20(12-11-19-16-36-18(3)29-19)34-24(31)15-22(30)27(4,5)26(21)33/h7,11-12,16-17,20-23,25,30,32H,1,8-10,13-15H2,2-6H3. The van der Waals surface area contributed by atoms with E-state index in [1.54, 1.807) is 31.3 Å². The quantitative estimate of drug-likeness (QED) is 0.339. The number of rotatable bonds is 4. The van der Waals surface area contributed by atoms with E-state index in [2.05, 4.69) is 18.5 Å². The number of cyclic esters (lactones) is 1. The lowest BCUT2D eigenvalue weighted by molar-refractivity contribution is -0.154. The van der Waals surface area contributed by atoms with Crippen LogP contribution >= 0.6 is 11.3 Å². The number of aliphatic hydroxyl groups is 2. The van der Waals surface area contributed by atoms with Gasteiger partial charge in [0.2, 0.25) is 0 Å². The van der Waals surface area contributed by atoms with Crippen LogP contribution in [0.3, 0.4) is 0 Å². The Hall–Kier alpha value is -1.87. The van der Waals surface area contributed by atoms with Crippen molar-refractivity contribution < 1.29 is 29.3 Å². The van der Waals surface area contributed by atoms with Crippen molar-refractivity contribution in [3.63, 3.8) is 0 Å². The summed E-state index contributed by atoms with van der Waals surface area (Å²) in [4.78, 5) is 30.8. The third-order valence-electron chi connectivity index (χ3n) is 7.80. The minimum atomic E-state index is -1.26. The molecule has 2 N–H and O–H groups in total. The molecule has 0 spiro atoms. The Morgan fingerprint density at radius 2 is 2.00 bits per heavy atom. The zero-order chi connectivity index (χ0) is 26.7. The molecule has 2 fully saturated rings. The molecule has 36 heavy (non-hydrogen) atoms. The van der Waals surface area contributed by atoms with Gasteiger partial charge < -0.3 is 19.7 Å². The number of hydrogen-bond donors (Lipinski definition) is 2. The largest absolute Gasteiger partial charge is 0.458 e. The molecular weight excluding hydrogens is 478 g/mol. The fraction of sp³-hybridized carbons (Fsp3) is 0.679. The number of allylic oxidation sites excluding steroid dienone is 1. The molecule has 2 saturated heterocycles. The van der Waals surface area contributed by atoms with Crippen molar-refractivity contribution in [2.24, 2.45) is 17.3 Å². The maximum absolute atomic E-state index is 13.5. The maximum atomic E-state index is 13.5. The third-order valence-corrected chi connectivity index (χ3v) is 8.59. The Morgan fingerprint density at radius 1 is 1.28 bits per heavy atom. The number of aromatic nitrogens is 1. The van der Waals surface area contributed by atoms with Crippen molar-refractivity contribution in [1.82, 2.24) is 4.98 Å². The number of carbonyl (C=O) groups excluding carboxylic acids is 2. The Balaban J connectivity index is 1.84. The van der Waals surface area contributed by atoms with Crippen LogP contribution in [0.1, 0.15) is 76.9 Å². The smallest absolute Gasteiger partial charge is 0.309 e. The SMILES string of the molecule is C=CCC1C(=O)C(C)(C)C(O)CC(=O)OC(C=Cc2csc(C)n2)CC2OC2(C)CCCC(C)C1O. The minimum absolute atomic E-state index is 0.0540. The summed E-state index contributed by atoms with van der Waals surface area (Å²) in [6, 6.07) is 0. The number of aliphatic hydroxyl groups excluding tert-OH is 2. The summed E-state index contributed by atoms with van der Waals surface area (Å²) in [5.74, 6) is -1.68. The van der Waals surface area contributed by atoms with Gasteiger partial charge in [-0.3, -0.25) is 9.59 Å². The predicted octanol–water partition coefficient (Wildman–Crippen LogP) is 4.64. The van der Waals surface area contributed by atoms with Gasteiger partial charge in [0.15, 0.2) is 0 Å². The van der Waals surface area contributed by atoms with Crippen LogP contribution in [0.15, 0.2) is 24.1 Å². The maximum Gasteiger partial charge on any atom is 0.309 e. The van der Waals surface area contributed by atoms with E-state index in [1.165, 1.54) is 0 Å². The van der Waals surface area contributed by atoms with Gasteiger partial charge >= 0.3 is 5.97 Å². The molecule has 0 aliphatic carbocycles. The molecule has 2 aliphatic rings. The van der Waals surface area contributed by atoms with E-state index in [4.69, 9.17) is 9.47 Å². The van der Waals surface area contributed by atoms with E-state index in [-0.39, 0.29) is 29.8 Å². The third kappa shape index (κ3) is 6.91. The molecule has 1 aromatic rings. The second-order valence-electron chi connectivity index (χ2n) is 11.1. The van der Waals surface area contributed by atoms with E-state index in [1.807, 2.05) is 31.4 Å². The average molecular weight is 520 g/mol. The summed E-state index contributed by atoms with van der Waals surface area (Å²) in [6.45, 7) is 12.9. The number of esters is 1. The second kappa shape index (κ2) is 11.7. The van der Waals surface area contributed by atoms with E-state index in [0.717, 1.165) is 30.0 Å². The molecule has 7 atom stereocenters. The Kier molecular flexibility index (Phi) is 9.30. The van der Waals surface area contributed by atoms with Crippen molar-refractivity contribution in [3.8, 4) is 0 Å². The Morgan fingerprint density at radius 3 is 2.64 bits per heavy atom. The van der Waals surface area contributed by atoms with Crippen molar-refractivity contribution in [2.75, 3.05) is 0 Å². The van der Waals surface area contributed by atoms with E-state index in [0.29, 0.717) is 12.8 Å². The lowest BCUT2D eigenvalue weighted by atomic mass is 9.71. The van der Waals surface area contributed by atoms with Gasteiger partial charge in [-0.05, 0) is 51.2 Å². The number of carbonyl (C=O) groups is 2. The van der Waals surface area contributed by atoms with Gasteiger partial charge in [0.05, 0.1) is 46.5 Å². The van der Waals surface area contributed by atoms with Gasteiger partial charge in [-0.2, -0.15) is 0 Å². The summed E-state index contributed by atoms with van der Waals surface area (Å²) in [5.41, 5.74) is -0.755. The molecule has 7 unspecified atom stereocenters. The van der Waals surface area contributed by atoms with Crippen LogP contribution in [0.2, 0.25) is 0 Å². The Bertz CT molecular complexity index is 971. The summed E-state index contributed by atoms with van der Waals surface area (Å²) in [5, 5.41) is 24.9. The van der Waals surface area contributed by atoms with E-state index in [9.17, 15) is 19.8 Å². The molecule has 8 heteroatoms. The number of ether oxygens (including phenoxy) is 2. The highest BCUT2D eigenvalue weighted by molar-refractivity contribution is 7.09. The van der Waals surface area contributed by atoms with Gasteiger partial charge in [-0.1, -0.05) is 33.3 Å². The Labute approximate surface area is 218 Å². The van der Waals surface area contributed by atoms with E-state index < -0.39 is 35.6 Å². The van der Waals surface area contributed by atoms with Crippen LogP contribution < -0.4 is 0 Å². The molecule has 1 aromatic heterocycles. The first-order chi connectivity index (χ1) is 16.9. The lowest BCUT2D eigenvalue weighted by Crippen LogP contribution is -2.46. The van der Waals surface area contributed by atoms with Gasteiger partial charge in [-0.25, -0.2) is 4.98 Å². The summed E-state index contributed by atoms with van der Waals surface area (Å²) in [6.07, 6.45) is 5.44. The summed E-state index contributed by atoms with van der Waals surface area (Å²) >= 11 is 1.55. The molecule has 7 nitrogen and oxygen atoms in total. The molecule has 200 valence electrons. The average Bonchev–Trinajstić information content (AvgIpc) is 3.24.